The van der Waals surface area contributed by atoms with Gasteiger partial charge >= 0.3 is 0 Å². The first-order chi connectivity index (χ1) is 8.67. The second kappa shape index (κ2) is 5.36. The first-order valence-corrected chi connectivity index (χ1v) is 6.39. The number of aromatic nitrogens is 1. The summed E-state index contributed by atoms with van der Waals surface area (Å²) in [6.07, 6.45) is 0. The summed E-state index contributed by atoms with van der Waals surface area (Å²) in [6.45, 7) is 5.30. The average Bonchev–Trinajstić information content (AvgIpc) is 2.39. The van der Waals surface area contributed by atoms with Crippen molar-refractivity contribution in [1.82, 2.24) is 9.88 Å². The molecule has 0 aliphatic carbocycles. The van der Waals surface area contributed by atoms with Gasteiger partial charge in [0.25, 0.3) is 5.91 Å². The smallest absolute Gasteiger partial charge is 0.254 e. The summed E-state index contributed by atoms with van der Waals surface area (Å²) >= 11 is 5.98. The Hall–Kier alpha value is -1.61. The highest BCUT2D eigenvalue weighted by atomic mass is 35.5. The highest BCUT2D eigenvalue weighted by Gasteiger charge is 2.16. The van der Waals surface area contributed by atoms with Gasteiger partial charge in [0.15, 0.2) is 0 Å². The van der Waals surface area contributed by atoms with E-state index < -0.39 is 0 Å². The van der Waals surface area contributed by atoms with Crippen molar-refractivity contribution in [2.24, 2.45) is 0 Å². The molecule has 94 valence electrons. The molecule has 0 saturated heterocycles. The highest BCUT2D eigenvalue weighted by Crippen LogP contribution is 2.22. The van der Waals surface area contributed by atoms with Gasteiger partial charge in [-0.1, -0.05) is 29.8 Å². The number of amides is 1. The number of hydrogen-bond acceptors (Lipinski definition) is 2. The molecule has 0 N–H and O–H groups in total. The van der Waals surface area contributed by atoms with Crippen LogP contribution in [0.2, 0.25) is 5.15 Å². The lowest BCUT2D eigenvalue weighted by Crippen LogP contribution is -2.30. The molecule has 0 spiro atoms. The van der Waals surface area contributed by atoms with Crippen LogP contribution in [0.4, 0.5) is 0 Å². The average molecular weight is 263 g/mol. The largest absolute Gasteiger partial charge is 0.339 e. The SMILES string of the molecule is CCN(CC)C(=O)c1cc(Cl)nc2ccccc12. The van der Waals surface area contributed by atoms with Crippen molar-refractivity contribution in [2.45, 2.75) is 13.8 Å². The van der Waals surface area contributed by atoms with E-state index in [0.29, 0.717) is 23.8 Å². The molecule has 0 aliphatic heterocycles. The molecule has 0 aliphatic rings. The van der Waals surface area contributed by atoms with Crippen molar-refractivity contribution in [3.8, 4) is 0 Å². The third-order valence-electron chi connectivity index (χ3n) is 2.97. The quantitative estimate of drug-likeness (QED) is 0.795. The maximum atomic E-state index is 12.4. The molecule has 2 rings (SSSR count). The van der Waals surface area contributed by atoms with E-state index in [4.69, 9.17) is 11.6 Å². The van der Waals surface area contributed by atoms with Crippen LogP contribution in [0, 0.1) is 0 Å². The fourth-order valence-corrected chi connectivity index (χ4v) is 2.20. The molecule has 1 aromatic carbocycles. The standard InChI is InChI=1S/C14H15ClN2O/c1-3-17(4-2)14(18)11-9-13(15)16-12-8-6-5-7-10(11)12/h5-9H,3-4H2,1-2H3. The third kappa shape index (κ3) is 2.31. The molecular weight excluding hydrogens is 248 g/mol. The van der Waals surface area contributed by atoms with Gasteiger partial charge in [-0.3, -0.25) is 4.79 Å². The molecule has 4 heteroatoms. The topological polar surface area (TPSA) is 33.2 Å². The van der Waals surface area contributed by atoms with E-state index in [1.54, 1.807) is 11.0 Å². The van der Waals surface area contributed by atoms with E-state index in [-0.39, 0.29) is 5.91 Å². The molecule has 0 atom stereocenters. The zero-order valence-corrected chi connectivity index (χ0v) is 11.2. The van der Waals surface area contributed by atoms with Crippen LogP contribution in [0.5, 0.6) is 0 Å². The second-order valence-corrected chi connectivity index (χ2v) is 4.37. The van der Waals surface area contributed by atoms with E-state index in [9.17, 15) is 4.79 Å². The number of halogens is 1. The van der Waals surface area contributed by atoms with Gasteiger partial charge in [0, 0.05) is 18.5 Å². The molecule has 2 aromatic rings. The Morgan fingerprint density at radius 2 is 1.94 bits per heavy atom. The minimum Gasteiger partial charge on any atom is -0.339 e. The van der Waals surface area contributed by atoms with E-state index in [1.807, 2.05) is 38.1 Å². The number of carbonyl (C=O) groups is 1. The van der Waals surface area contributed by atoms with Crippen molar-refractivity contribution >= 4 is 28.4 Å². The van der Waals surface area contributed by atoms with Crippen molar-refractivity contribution in [2.75, 3.05) is 13.1 Å². The Morgan fingerprint density at radius 1 is 1.28 bits per heavy atom. The molecule has 1 heterocycles. The highest BCUT2D eigenvalue weighted by molar-refractivity contribution is 6.30. The Balaban J connectivity index is 2.59. The summed E-state index contributed by atoms with van der Waals surface area (Å²) in [5.41, 5.74) is 1.37. The molecule has 1 aromatic heterocycles. The Bertz CT molecular complexity index is 579. The summed E-state index contributed by atoms with van der Waals surface area (Å²) in [4.78, 5) is 18.4. The number of hydrogen-bond donors (Lipinski definition) is 0. The monoisotopic (exact) mass is 262 g/mol. The summed E-state index contributed by atoms with van der Waals surface area (Å²) < 4.78 is 0. The van der Waals surface area contributed by atoms with Gasteiger partial charge in [-0.25, -0.2) is 4.98 Å². The summed E-state index contributed by atoms with van der Waals surface area (Å²) in [6, 6.07) is 9.19. The minimum absolute atomic E-state index is 0.000463. The van der Waals surface area contributed by atoms with Crippen molar-refractivity contribution in [3.63, 3.8) is 0 Å². The maximum Gasteiger partial charge on any atom is 0.254 e. The van der Waals surface area contributed by atoms with Crippen LogP contribution < -0.4 is 0 Å². The van der Waals surface area contributed by atoms with Crippen LogP contribution in [-0.4, -0.2) is 28.9 Å². The second-order valence-electron chi connectivity index (χ2n) is 3.99. The van der Waals surface area contributed by atoms with Gasteiger partial charge in [0.05, 0.1) is 11.1 Å². The van der Waals surface area contributed by atoms with Gasteiger partial charge in [0.1, 0.15) is 5.15 Å². The number of benzene rings is 1. The lowest BCUT2D eigenvalue weighted by Gasteiger charge is -2.19. The van der Waals surface area contributed by atoms with Crippen LogP contribution in [0.1, 0.15) is 24.2 Å². The fourth-order valence-electron chi connectivity index (χ4n) is 2.00. The zero-order chi connectivity index (χ0) is 13.1. The van der Waals surface area contributed by atoms with Gasteiger partial charge in [-0.05, 0) is 26.0 Å². The maximum absolute atomic E-state index is 12.4. The summed E-state index contributed by atoms with van der Waals surface area (Å²) in [5, 5.41) is 1.20. The predicted molar refractivity (Wildman–Crippen MR) is 74.0 cm³/mol. The molecule has 0 unspecified atom stereocenters. The van der Waals surface area contributed by atoms with Crippen LogP contribution in [0.15, 0.2) is 30.3 Å². The number of para-hydroxylation sites is 1. The molecule has 0 radical (unpaired) electrons. The molecular formula is C14H15ClN2O. The van der Waals surface area contributed by atoms with Gasteiger partial charge in [-0.15, -0.1) is 0 Å². The van der Waals surface area contributed by atoms with Crippen molar-refractivity contribution in [3.05, 3.63) is 41.0 Å². The van der Waals surface area contributed by atoms with Gasteiger partial charge < -0.3 is 4.90 Å². The number of carbonyl (C=O) groups excluding carboxylic acids is 1. The molecule has 0 fully saturated rings. The minimum atomic E-state index is 0.000463. The third-order valence-corrected chi connectivity index (χ3v) is 3.16. The predicted octanol–water partition coefficient (Wildman–Crippen LogP) is 3.37. The molecule has 18 heavy (non-hydrogen) atoms. The molecule has 1 amide bonds. The Labute approximate surface area is 111 Å². The van der Waals surface area contributed by atoms with Crippen LogP contribution in [0.25, 0.3) is 10.9 Å². The van der Waals surface area contributed by atoms with E-state index >= 15 is 0 Å². The Kier molecular flexibility index (Phi) is 3.82. The number of fused-ring (bicyclic) bond motifs is 1. The summed E-state index contributed by atoms with van der Waals surface area (Å²) in [5.74, 6) is 0.000463. The van der Waals surface area contributed by atoms with Crippen LogP contribution in [-0.2, 0) is 0 Å². The van der Waals surface area contributed by atoms with E-state index in [2.05, 4.69) is 4.98 Å². The first-order valence-electron chi connectivity index (χ1n) is 6.02. The lowest BCUT2D eigenvalue weighted by atomic mass is 10.1. The summed E-state index contributed by atoms with van der Waals surface area (Å²) in [7, 11) is 0. The van der Waals surface area contributed by atoms with Crippen molar-refractivity contribution < 1.29 is 4.79 Å². The first kappa shape index (κ1) is 12.8. The molecule has 0 bridgehead atoms. The Morgan fingerprint density at radius 3 is 2.61 bits per heavy atom. The van der Waals surface area contributed by atoms with Crippen LogP contribution in [0.3, 0.4) is 0 Å². The lowest BCUT2D eigenvalue weighted by molar-refractivity contribution is 0.0775. The number of rotatable bonds is 3. The van der Waals surface area contributed by atoms with E-state index in [1.165, 1.54) is 0 Å². The fraction of sp³-hybridized carbons (Fsp3) is 0.286. The normalized spacial score (nSPS) is 10.6. The zero-order valence-electron chi connectivity index (χ0n) is 10.5. The van der Waals surface area contributed by atoms with Crippen LogP contribution >= 0.6 is 11.6 Å². The van der Waals surface area contributed by atoms with Gasteiger partial charge in [-0.2, -0.15) is 0 Å². The molecule has 0 saturated carbocycles. The van der Waals surface area contributed by atoms with E-state index in [0.717, 1.165) is 10.9 Å². The number of nitrogens with zero attached hydrogens (tertiary/aromatic N) is 2. The molecule has 3 nitrogen and oxygen atoms in total. The van der Waals surface area contributed by atoms with Gasteiger partial charge in [0.2, 0.25) is 0 Å². The number of pyridine rings is 1. The van der Waals surface area contributed by atoms with Crippen molar-refractivity contribution in [1.29, 1.82) is 0 Å².